The van der Waals surface area contributed by atoms with Crippen LogP contribution < -0.4 is 5.32 Å². The third-order valence-electron chi connectivity index (χ3n) is 2.97. The van der Waals surface area contributed by atoms with E-state index in [-0.39, 0.29) is 0 Å². The normalized spacial score (nSPS) is 18.4. The highest BCUT2D eigenvalue weighted by molar-refractivity contribution is 4.87. The SMILES string of the molecule is CC(C)Cn1ncnc1CNCC1(C)COC1. The van der Waals surface area contributed by atoms with Crippen molar-refractivity contribution in [2.24, 2.45) is 11.3 Å². The van der Waals surface area contributed by atoms with Crippen molar-refractivity contribution in [2.45, 2.75) is 33.9 Å². The Morgan fingerprint density at radius 3 is 2.88 bits per heavy atom. The van der Waals surface area contributed by atoms with Crippen LogP contribution in [0, 0.1) is 11.3 Å². The number of rotatable bonds is 6. The molecule has 0 radical (unpaired) electrons. The van der Waals surface area contributed by atoms with Crippen molar-refractivity contribution in [3.05, 3.63) is 12.2 Å². The van der Waals surface area contributed by atoms with E-state index in [4.69, 9.17) is 4.74 Å². The molecule has 5 heteroatoms. The van der Waals surface area contributed by atoms with Gasteiger partial charge in [-0.05, 0) is 5.92 Å². The minimum atomic E-state index is 0.308. The summed E-state index contributed by atoms with van der Waals surface area (Å²) in [6.45, 7) is 11.0. The van der Waals surface area contributed by atoms with Crippen LogP contribution in [0.2, 0.25) is 0 Å². The van der Waals surface area contributed by atoms with Gasteiger partial charge >= 0.3 is 0 Å². The van der Waals surface area contributed by atoms with E-state index >= 15 is 0 Å². The molecule has 17 heavy (non-hydrogen) atoms. The Kier molecular flexibility index (Phi) is 3.79. The Balaban J connectivity index is 1.80. The number of nitrogens with one attached hydrogen (secondary N) is 1. The van der Waals surface area contributed by atoms with E-state index in [0.29, 0.717) is 11.3 Å². The van der Waals surface area contributed by atoms with E-state index in [9.17, 15) is 0 Å². The third kappa shape index (κ3) is 3.26. The maximum atomic E-state index is 5.23. The van der Waals surface area contributed by atoms with Crippen LogP contribution in [0.4, 0.5) is 0 Å². The largest absolute Gasteiger partial charge is 0.380 e. The van der Waals surface area contributed by atoms with Gasteiger partial charge < -0.3 is 10.1 Å². The zero-order chi connectivity index (χ0) is 12.3. The van der Waals surface area contributed by atoms with Crippen molar-refractivity contribution in [3.8, 4) is 0 Å². The first kappa shape index (κ1) is 12.5. The molecule has 0 aromatic carbocycles. The van der Waals surface area contributed by atoms with E-state index in [0.717, 1.165) is 38.7 Å². The van der Waals surface area contributed by atoms with Crippen LogP contribution >= 0.6 is 0 Å². The van der Waals surface area contributed by atoms with Gasteiger partial charge in [-0.2, -0.15) is 5.10 Å². The number of ether oxygens (including phenoxy) is 1. The van der Waals surface area contributed by atoms with Crippen molar-refractivity contribution in [3.63, 3.8) is 0 Å². The first-order chi connectivity index (χ1) is 8.09. The monoisotopic (exact) mass is 238 g/mol. The summed E-state index contributed by atoms with van der Waals surface area (Å²) in [4.78, 5) is 4.29. The highest BCUT2D eigenvalue weighted by Gasteiger charge is 2.32. The fourth-order valence-electron chi connectivity index (χ4n) is 1.95. The molecule has 0 bridgehead atoms. The molecule has 1 saturated heterocycles. The predicted octanol–water partition coefficient (Wildman–Crippen LogP) is 1.06. The van der Waals surface area contributed by atoms with E-state index < -0.39 is 0 Å². The number of aromatic nitrogens is 3. The summed E-state index contributed by atoms with van der Waals surface area (Å²) in [6.07, 6.45) is 1.63. The lowest BCUT2D eigenvalue weighted by molar-refractivity contribution is -0.0992. The zero-order valence-corrected chi connectivity index (χ0v) is 10.9. The van der Waals surface area contributed by atoms with Crippen molar-refractivity contribution in [1.29, 1.82) is 0 Å². The summed E-state index contributed by atoms with van der Waals surface area (Å²) in [5.74, 6) is 1.61. The second-order valence-corrected chi connectivity index (χ2v) is 5.66. The Morgan fingerprint density at radius 2 is 2.29 bits per heavy atom. The first-order valence-electron chi connectivity index (χ1n) is 6.24. The summed E-state index contributed by atoms with van der Waals surface area (Å²) in [6, 6.07) is 0. The lowest BCUT2D eigenvalue weighted by atomic mass is 9.89. The van der Waals surface area contributed by atoms with Gasteiger partial charge in [0, 0.05) is 18.5 Å². The minimum absolute atomic E-state index is 0.308. The summed E-state index contributed by atoms with van der Waals surface area (Å²) in [5, 5.41) is 7.69. The first-order valence-corrected chi connectivity index (χ1v) is 6.24. The van der Waals surface area contributed by atoms with Gasteiger partial charge in [0.1, 0.15) is 12.2 Å². The second-order valence-electron chi connectivity index (χ2n) is 5.66. The summed E-state index contributed by atoms with van der Waals surface area (Å²) in [5.41, 5.74) is 0.308. The molecule has 0 aliphatic carbocycles. The molecule has 1 aromatic rings. The molecule has 5 nitrogen and oxygen atoms in total. The van der Waals surface area contributed by atoms with Crippen molar-refractivity contribution in [2.75, 3.05) is 19.8 Å². The summed E-state index contributed by atoms with van der Waals surface area (Å²) >= 11 is 0. The van der Waals surface area contributed by atoms with Crippen molar-refractivity contribution in [1.82, 2.24) is 20.1 Å². The molecular formula is C12H22N4O. The summed E-state index contributed by atoms with van der Waals surface area (Å²) in [7, 11) is 0. The highest BCUT2D eigenvalue weighted by atomic mass is 16.5. The molecule has 1 aromatic heterocycles. The molecule has 0 amide bonds. The molecule has 1 aliphatic heterocycles. The molecule has 1 aliphatic rings. The van der Waals surface area contributed by atoms with Gasteiger partial charge in [-0.3, -0.25) is 0 Å². The molecule has 0 atom stereocenters. The average Bonchev–Trinajstić information content (AvgIpc) is 2.62. The van der Waals surface area contributed by atoms with Crippen LogP contribution in [0.15, 0.2) is 6.33 Å². The average molecular weight is 238 g/mol. The third-order valence-corrected chi connectivity index (χ3v) is 2.97. The molecule has 2 rings (SSSR count). The standard InChI is InChI=1S/C12H22N4O/c1-10(2)5-16-11(14-9-15-16)4-13-6-12(3)7-17-8-12/h9-10,13H,4-8H2,1-3H3. The van der Waals surface area contributed by atoms with Crippen molar-refractivity contribution < 1.29 is 4.74 Å². The van der Waals surface area contributed by atoms with Gasteiger partial charge in [0.2, 0.25) is 0 Å². The quantitative estimate of drug-likeness (QED) is 0.805. The van der Waals surface area contributed by atoms with Gasteiger partial charge in [0.15, 0.2) is 0 Å². The fraction of sp³-hybridized carbons (Fsp3) is 0.833. The molecule has 2 heterocycles. The lowest BCUT2D eigenvalue weighted by Gasteiger charge is -2.38. The van der Waals surface area contributed by atoms with Gasteiger partial charge in [0.25, 0.3) is 0 Å². The maximum absolute atomic E-state index is 5.23. The van der Waals surface area contributed by atoms with Gasteiger partial charge in [-0.1, -0.05) is 20.8 Å². The Labute approximate surface area is 103 Å². The second kappa shape index (κ2) is 5.14. The molecule has 0 saturated carbocycles. The predicted molar refractivity (Wildman–Crippen MR) is 65.5 cm³/mol. The Morgan fingerprint density at radius 1 is 1.53 bits per heavy atom. The fourth-order valence-corrected chi connectivity index (χ4v) is 1.95. The molecule has 0 spiro atoms. The minimum Gasteiger partial charge on any atom is -0.380 e. The molecule has 96 valence electrons. The number of hydrogen-bond donors (Lipinski definition) is 1. The van der Waals surface area contributed by atoms with Crippen LogP contribution in [0.25, 0.3) is 0 Å². The molecular weight excluding hydrogens is 216 g/mol. The van der Waals surface area contributed by atoms with E-state index in [1.54, 1.807) is 6.33 Å². The number of hydrogen-bond acceptors (Lipinski definition) is 4. The van der Waals surface area contributed by atoms with E-state index in [1.165, 1.54) is 0 Å². The molecule has 1 fully saturated rings. The van der Waals surface area contributed by atoms with E-state index in [2.05, 4.69) is 36.2 Å². The zero-order valence-electron chi connectivity index (χ0n) is 10.9. The Hall–Kier alpha value is -0.940. The van der Waals surface area contributed by atoms with Crippen LogP contribution in [-0.2, 0) is 17.8 Å². The van der Waals surface area contributed by atoms with Crippen LogP contribution in [0.5, 0.6) is 0 Å². The van der Waals surface area contributed by atoms with Crippen LogP contribution in [-0.4, -0.2) is 34.5 Å². The lowest BCUT2D eigenvalue weighted by Crippen LogP contribution is -2.47. The van der Waals surface area contributed by atoms with Crippen LogP contribution in [0.3, 0.4) is 0 Å². The Bertz CT molecular complexity index is 357. The highest BCUT2D eigenvalue weighted by Crippen LogP contribution is 2.25. The van der Waals surface area contributed by atoms with Gasteiger partial charge in [-0.25, -0.2) is 9.67 Å². The van der Waals surface area contributed by atoms with Gasteiger partial charge in [-0.15, -0.1) is 0 Å². The molecule has 1 N–H and O–H groups in total. The smallest absolute Gasteiger partial charge is 0.140 e. The molecule has 0 unspecified atom stereocenters. The maximum Gasteiger partial charge on any atom is 0.140 e. The van der Waals surface area contributed by atoms with Gasteiger partial charge in [0.05, 0.1) is 19.8 Å². The van der Waals surface area contributed by atoms with E-state index in [1.807, 2.05) is 4.68 Å². The summed E-state index contributed by atoms with van der Waals surface area (Å²) < 4.78 is 7.21. The van der Waals surface area contributed by atoms with Crippen LogP contribution in [0.1, 0.15) is 26.6 Å². The number of nitrogens with zero attached hydrogens (tertiary/aromatic N) is 3. The topological polar surface area (TPSA) is 52.0 Å². The van der Waals surface area contributed by atoms with Crippen molar-refractivity contribution >= 4 is 0 Å².